The van der Waals surface area contributed by atoms with E-state index in [4.69, 9.17) is 4.74 Å². The maximum Gasteiger partial charge on any atom is 0.279 e. The Hall–Kier alpha value is -2.35. The van der Waals surface area contributed by atoms with Crippen molar-refractivity contribution in [2.45, 2.75) is 25.2 Å². The average Bonchev–Trinajstić information content (AvgIpc) is 3.19. The summed E-state index contributed by atoms with van der Waals surface area (Å²) in [6.07, 6.45) is 4.92. The number of H-pyrrole nitrogens is 1. The van der Waals surface area contributed by atoms with Gasteiger partial charge in [-0.15, -0.1) is 0 Å². The molecule has 154 valence electrons. The lowest BCUT2D eigenvalue weighted by atomic mass is 9.91. The summed E-state index contributed by atoms with van der Waals surface area (Å²) in [6, 6.07) is 15.9. The van der Waals surface area contributed by atoms with E-state index in [0.29, 0.717) is 19.6 Å². The van der Waals surface area contributed by atoms with Gasteiger partial charge in [0.1, 0.15) is 5.75 Å². The number of rotatable bonds is 7. The van der Waals surface area contributed by atoms with Crippen molar-refractivity contribution in [3.8, 4) is 5.75 Å². The highest BCUT2D eigenvalue weighted by molar-refractivity contribution is 7.87. The van der Waals surface area contributed by atoms with Crippen molar-refractivity contribution in [3.05, 3.63) is 65.9 Å². The molecule has 1 unspecified atom stereocenters. The first-order chi connectivity index (χ1) is 14.1. The normalized spacial score (nSPS) is 16.7. The van der Waals surface area contributed by atoms with E-state index in [9.17, 15) is 8.42 Å². The molecular formula is C22H27N3O3S. The number of aromatic nitrogens is 1. The summed E-state index contributed by atoms with van der Waals surface area (Å²) in [5.41, 5.74) is 3.16. The van der Waals surface area contributed by atoms with Crippen molar-refractivity contribution >= 4 is 21.1 Å². The highest BCUT2D eigenvalue weighted by Gasteiger charge is 2.26. The Morgan fingerprint density at radius 1 is 1.07 bits per heavy atom. The highest BCUT2D eigenvalue weighted by atomic mass is 32.2. The Bertz CT molecular complexity index is 1050. The predicted octanol–water partition coefficient (Wildman–Crippen LogP) is 3.63. The van der Waals surface area contributed by atoms with Gasteiger partial charge >= 0.3 is 0 Å². The molecule has 2 N–H and O–H groups in total. The van der Waals surface area contributed by atoms with Crippen LogP contribution in [0.15, 0.2) is 54.7 Å². The standard InChI is InChI=1S/C22H27N3O3S/c1-28-18-11-9-17(10-12-18)20(21-15-23-22-8-4-3-7-19(21)22)16-24-29(26,27)25-13-5-2-6-14-25/h3-4,7-12,15,20,23-24H,2,5-6,13-14,16H2,1H3. The van der Waals surface area contributed by atoms with E-state index < -0.39 is 10.2 Å². The second kappa shape index (κ2) is 8.57. The molecule has 1 saturated heterocycles. The fourth-order valence-electron chi connectivity index (χ4n) is 4.01. The Balaban J connectivity index is 1.64. The molecule has 29 heavy (non-hydrogen) atoms. The summed E-state index contributed by atoms with van der Waals surface area (Å²) in [7, 11) is -1.86. The zero-order valence-corrected chi connectivity index (χ0v) is 17.4. The first-order valence-corrected chi connectivity index (χ1v) is 11.5. The molecule has 0 bridgehead atoms. The van der Waals surface area contributed by atoms with Crippen LogP contribution in [0.4, 0.5) is 0 Å². The van der Waals surface area contributed by atoms with Gasteiger partial charge in [-0.3, -0.25) is 0 Å². The van der Waals surface area contributed by atoms with Gasteiger partial charge in [-0.1, -0.05) is 36.8 Å². The first-order valence-electron chi connectivity index (χ1n) is 10.0. The molecule has 1 aliphatic heterocycles. The molecular weight excluding hydrogens is 386 g/mol. The van der Waals surface area contributed by atoms with Crippen LogP contribution in [-0.2, 0) is 10.2 Å². The van der Waals surface area contributed by atoms with Gasteiger partial charge in [-0.2, -0.15) is 12.7 Å². The number of hydrogen-bond donors (Lipinski definition) is 2. The molecule has 1 aliphatic rings. The van der Waals surface area contributed by atoms with Crippen molar-refractivity contribution in [2.75, 3.05) is 26.7 Å². The number of methoxy groups -OCH3 is 1. The Labute approximate surface area is 172 Å². The van der Waals surface area contributed by atoms with Gasteiger partial charge in [0.05, 0.1) is 7.11 Å². The maximum atomic E-state index is 12.8. The van der Waals surface area contributed by atoms with Crippen LogP contribution in [0.25, 0.3) is 10.9 Å². The first kappa shape index (κ1) is 19.9. The molecule has 6 nitrogen and oxygen atoms in total. The summed E-state index contributed by atoms with van der Waals surface area (Å²) in [5.74, 6) is 0.664. The van der Waals surface area contributed by atoms with Crippen LogP contribution in [0, 0.1) is 0 Å². The number of hydrogen-bond acceptors (Lipinski definition) is 3. The van der Waals surface area contributed by atoms with Crippen LogP contribution in [0.2, 0.25) is 0 Å². The monoisotopic (exact) mass is 413 g/mol. The Morgan fingerprint density at radius 3 is 2.52 bits per heavy atom. The van der Waals surface area contributed by atoms with Crippen LogP contribution in [0.3, 0.4) is 0 Å². The van der Waals surface area contributed by atoms with E-state index in [0.717, 1.165) is 47.0 Å². The van der Waals surface area contributed by atoms with Gasteiger partial charge in [0.15, 0.2) is 0 Å². The second-order valence-corrected chi connectivity index (χ2v) is 9.18. The summed E-state index contributed by atoms with van der Waals surface area (Å²) < 4.78 is 35.4. The van der Waals surface area contributed by atoms with E-state index in [1.807, 2.05) is 48.7 Å². The van der Waals surface area contributed by atoms with Gasteiger partial charge in [0.25, 0.3) is 10.2 Å². The fraction of sp³-hybridized carbons (Fsp3) is 0.364. The molecule has 1 aromatic heterocycles. The number of para-hydroxylation sites is 1. The smallest absolute Gasteiger partial charge is 0.279 e. The molecule has 0 saturated carbocycles. The van der Waals surface area contributed by atoms with Crippen LogP contribution >= 0.6 is 0 Å². The van der Waals surface area contributed by atoms with Crippen molar-refractivity contribution in [3.63, 3.8) is 0 Å². The van der Waals surface area contributed by atoms with Crippen LogP contribution < -0.4 is 9.46 Å². The van der Waals surface area contributed by atoms with Gasteiger partial charge in [0.2, 0.25) is 0 Å². The van der Waals surface area contributed by atoms with Crippen LogP contribution in [0.5, 0.6) is 5.75 Å². The van der Waals surface area contributed by atoms with E-state index in [-0.39, 0.29) is 5.92 Å². The molecule has 7 heteroatoms. The fourth-order valence-corrected chi connectivity index (χ4v) is 5.31. The molecule has 0 aliphatic carbocycles. The molecule has 1 atom stereocenters. The molecule has 1 fully saturated rings. The molecule has 0 radical (unpaired) electrons. The van der Waals surface area contributed by atoms with Crippen LogP contribution in [-0.4, -0.2) is 44.5 Å². The van der Waals surface area contributed by atoms with E-state index in [1.165, 1.54) is 0 Å². The van der Waals surface area contributed by atoms with Gasteiger partial charge in [-0.25, -0.2) is 4.72 Å². The third-order valence-corrected chi connectivity index (χ3v) is 7.22. The van der Waals surface area contributed by atoms with E-state index in [1.54, 1.807) is 11.4 Å². The Morgan fingerprint density at radius 2 is 1.79 bits per heavy atom. The number of piperidine rings is 1. The second-order valence-electron chi connectivity index (χ2n) is 7.43. The number of benzene rings is 2. The topological polar surface area (TPSA) is 74.4 Å². The molecule has 0 spiro atoms. The number of fused-ring (bicyclic) bond motifs is 1. The third kappa shape index (κ3) is 4.32. The Kier molecular flexibility index (Phi) is 5.89. The minimum absolute atomic E-state index is 0.114. The SMILES string of the molecule is COc1ccc(C(CNS(=O)(=O)N2CCCCC2)c2c[nH]c3ccccc23)cc1. The maximum absolute atomic E-state index is 12.8. The predicted molar refractivity (Wildman–Crippen MR) is 115 cm³/mol. The molecule has 0 amide bonds. The van der Waals surface area contributed by atoms with Gasteiger partial charge < -0.3 is 9.72 Å². The number of ether oxygens (including phenoxy) is 1. The molecule has 2 heterocycles. The largest absolute Gasteiger partial charge is 0.497 e. The van der Waals surface area contributed by atoms with E-state index >= 15 is 0 Å². The van der Waals surface area contributed by atoms with Crippen LogP contribution in [0.1, 0.15) is 36.3 Å². The zero-order chi connectivity index (χ0) is 20.3. The molecule has 4 rings (SSSR count). The van der Waals surface area contributed by atoms with Gasteiger partial charge in [0, 0.05) is 42.7 Å². The quantitative estimate of drug-likeness (QED) is 0.621. The minimum Gasteiger partial charge on any atom is -0.497 e. The highest BCUT2D eigenvalue weighted by Crippen LogP contribution is 2.31. The van der Waals surface area contributed by atoms with Gasteiger partial charge in [-0.05, 0) is 42.2 Å². The zero-order valence-electron chi connectivity index (χ0n) is 16.6. The lowest BCUT2D eigenvalue weighted by Gasteiger charge is -2.27. The summed E-state index contributed by atoms with van der Waals surface area (Å²) in [6.45, 7) is 1.48. The van der Waals surface area contributed by atoms with Crippen molar-refractivity contribution in [1.29, 1.82) is 0 Å². The van der Waals surface area contributed by atoms with Crippen molar-refractivity contribution < 1.29 is 13.2 Å². The number of nitrogens with one attached hydrogen (secondary N) is 2. The molecule has 3 aromatic rings. The van der Waals surface area contributed by atoms with E-state index in [2.05, 4.69) is 15.8 Å². The lowest BCUT2D eigenvalue weighted by molar-refractivity contribution is 0.341. The minimum atomic E-state index is -3.50. The average molecular weight is 414 g/mol. The van der Waals surface area contributed by atoms with Crippen molar-refractivity contribution in [2.24, 2.45) is 0 Å². The third-order valence-electron chi connectivity index (χ3n) is 5.64. The number of nitrogens with zero attached hydrogens (tertiary/aromatic N) is 1. The lowest BCUT2D eigenvalue weighted by Crippen LogP contribution is -2.44. The van der Waals surface area contributed by atoms with Crippen molar-refractivity contribution in [1.82, 2.24) is 14.0 Å². The summed E-state index contributed by atoms with van der Waals surface area (Å²) in [5, 5.41) is 1.10. The summed E-state index contributed by atoms with van der Waals surface area (Å²) in [4.78, 5) is 3.31. The summed E-state index contributed by atoms with van der Waals surface area (Å²) >= 11 is 0. The molecule has 2 aromatic carbocycles. The number of aromatic amines is 1.